The first-order valence-corrected chi connectivity index (χ1v) is 9.43. The average molecular weight is 370 g/mol. The number of amides is 2. The van der Waals surface area contributed by atoms with Crippen LogP contribution in [-0.4, -0.2) is 61.6 Å². The van der Waals surface area contributed by atoms with E-state index in [9.17, 15) is 27.9 Å². The average Bonchev–Trinajstić information content (AvgIpc) is 2.49. The highest BCUT2D eigenvalue weighted by molar-refractivity contribution is 7.90. The van der Waals surface area contributed by atoms with Gasteiger partial charge in [-0.3, -0.25) is 9.59 Å². The number of hydrogen-bond donors (Lipinski definition) is 2. The zero-order chi connectivity index (χ0) is 19.4. The van der Waals surface area contributed by atoms with Gasteiger partial charge in [-0.1, -0.05) is 6.07 Å². The lowest BCUT2D eigenvalue weighted by atomic mass is 10.1. The van der Waals surface area contributed by atoms with E-state index < -0.39 is 27.8 Å². The number of carbonyl (C=O) groups is 3. The van der Waals surface area contributed by atoms with Crippen molar-refractivity contribution in [2.24, 2.45) is 0 Å². The first-order valence-electron chi connectivity index (χ1n) is 7.54. The van der Waals surface area contributed by atoms with Gasteiger partial charge in [0.1, 0.15) is 6.04 Å². The van der Waals surface area contributed by atoms with Crippen LogP contribution in [0.3, 0.4) is 0 Å². The highest BCUT2D eigenvalue weighted by Crippen LogP contribution is 2.19. The second-order valence-corrected chi connectivity index (χ2v) is 7.73. The molecule has 2 N–H and O–H groups in total. The molecule has 0 aromatic heterocycles. The molecule has 1 atom stereocenters. The molecule has 8 nitrogen and oxygen atoms in total. The molecule has 9 heteroatoms. The van der Waals surface area contributed by atoms with E-state index in [1.807, 2.05) is 0 Å². The van der Waals surface area contributed by atoms with Crippen molar-refractivity contribution in [2.45, 2.75) is 31.7 Å². The fourth-order valence-corrected chi connectivity index (χ4v) is 3.25. The number of carboxylic acids is 1. The van der Waals surface area contributed by atoms with Crippen LogP contribution in [0.25, 0.3) is 0 Å². The van der Waals surface area contributed by atoms with Crippen molar-refractivity contribution in [2.75, 3.05) is 19.3 Å². The molecule has 0 heterocycles. The van der Waals surface area contributed by atoms with Crippen molar-refractivity contribution in [3.8, 4) is 0 Å². The van der Waals surface area contributed by atoms with Crippen LogP contribution in [0.4, 0.5) is 0 Å². The number of carbonyl (C=O) groups excluding carboxylic acids is 2. The van der Waals surface area contributed by atoms with Gasteiger partial charge in [-0.15, -0.1) is 0 Å². The first kappa shape index (κ1) is 20.6. The third-order valence-electron chi connectivity index (χ3n) is 3.65. The van der Waals surface area contributed by atoms with Crippen molar-refractivity contribution in [3.05, 3.63) is 29.3 Å². The topological polar surface area (TPSA) is 121 Å². The number of nitrogens with one attached hydrogen (secondary N) is 1. The molecule has 0 fully saturated rings. The summed E-state index contributed by atoms with van der Waals surface area (Å²) in [6.07, 6.45) is 1.04. The zero-order valence-electron chi connectivity index (χ0n) is 14.6. The summed E-state index contributed by atoms with van der Waals surface area (Å²) in [4.78, 5) is 36.0. The van der Waals surface area contributed by atoms with Crippen molar-refractivity contribution >= 4 is 27.6 Å². The minimum absolute atomic E-state index is 0.0168. The van der Waals surface area contributed by atoms with E-state index in [0.29, 0.717) is 5.56 Å². The summed E-state index contributed by atoms with van der Waals surface area (Å²) in [5.74, 6) is -2.12. The number of carboxylic acid groups (broad SMARTS) is 1. The lowest BCUT2D eigenvalue weighted by molar-refractivity contribution is -0.141. The van der Waals surface area contributed by atoms with Crippen molar-refractivity contribution in [1.82, 2.24) is 10.2 Å². The van der Waals surface area contributed by atoms with Crippen LogP contribution in [0.2, 0.25) is 0 Å². The van der Waals surface area contributed by atoms with Gasteiger partial charge in [0, 0.05) is 31.8 Å². The third-order valence-corrected chi connectivity index (χ3v) is 4.89. The number of hydrogen-bond acceptors (Lipinski definition) is 5. The Kier molecular flexibility index (Phi) is 6.69. The molecule has 0 saturated heterocycles. The lowest BCUT2D eigenvalue weighted by Crippen LogP contribution is -2.46. The van der Waals surface area contributed by atoms with Crippen LogP contribution in [-0.2, 0) is 19.4 Å². The summed E-state index contributed by atoms with van der Waals surface area (Å²) in [6.45, 7) is 4.33. The maximum atomic E-state index is 12.7. The van der Waals surface area contributed by atoms with Gasteiger partial charge < -0.3 is 15.3 Å². The molecule has 138 valence electrons. The van der Waals surface area contributed by atoms with E-state index in [-0.39, 0.29) is 29.5 Å². The summed E-state index contributed by atoms with van der Waals surface area (Å²) in [5.41, 5.74) is 0.567. The number of aliphatic carboxylic acids is 1. The van der Waals surface area contributed by atoms with Gasteiger partial charge >= 0.3 is 5.97 Å². The summed E-state index contributed by atoms with van der Waals surface area (Å²) in [6, 6.07) is 3.06. The Morgan fingerprint density at radius 1 is 1.28 bits per heavy atom. The van der Waals surface area contributed by atoms with Crippen molar-refractivity contribution < 1.29 is 27.9 Å². The van der Waals surface area contributed by atoms with Crippen molar-refractivity contribution in [3.63, 3.8) is 0 Å². The van der Waals surface area contributed by atoms with E-state index in [4.69, 9.17) is 0 Å². The fraction of sp³-hybridized carbons (Fsp3) is 0.438. The van der Waals surface area contributed by atoms with E-state index in [1.54, 1.807) is 6.92 Å². The molecule has 0 radical (unpaired) electrons. The Hall–Kier alpha value is -2.42. The monoisotopic (exact) mass is 370 g/mol. The Bertz CT molecular complexity index is 788. The van der Waals surface area contributed by atoms with Crippen LogP contribution in [0.5, 0.6) is 0 Å². The maximum absolute atomic E-state index is 12.7. The fourth-order valence-electron chi connectivity index (χ4n) is 2.26. The van der Waals surface area contributed by atoms with E-state index in [1.165, 1.54) is 32.0 Å². The highest BCUT2D eigenvalue weighted by Gasteiger charge is 2.27. The van der Waals surface area contributed by atoms with Gasteiger partial charge in [-0.25, -0.2) is 13.2 Å². The molecule has 1 rings (SSSR count). The lowest BCUT2D eigenvalue weighted by Gasteiger charge is -2.27. The molecular formula is C16H22N2O6S. The summed E-state index contributed by atoms with van der Waals surface area (Å²) in [5, 5.41) is 11.7. The summed E-state index contributed by atoms with van der Waals surface area (Å²) >= 11 is 0. The van der Waals surface area contributed by atoms with Crippen LogP contribution in [0.15, 0.2) is 23.1 Å². The second-order valence-electron chi connectivity index (χ2n) is 5.75. The van der Waals surface area contributed by atoms with Crippen LogP contribution in [0, 0.1) is 6.92 Å². The van der Waals surface area contributed by atoms with E-state index in [2.05, 4.69) is 5.32 Å². The number of aryl methyl sites for hydroxylation is 1. The maximum Gasteiger partial charge on any atom is 0.326 e. The smallest absolute Gasteiger partial charge is 0.326 e. The number of benzene rings is 1. The molecule has 25 heavy (non-hydrogen) atoms. The molecule has 0 saturated carbocycles. The molecule has 1 aromatic carbocycles. The molecule has 0 aliphatic carbocycles. The Morgan fingerprint density at radius 3 is 2.36 bits per heavy atom. The van der Waals surface area contributed by atoms with Gasteiger partial charge in [0.25, 0.3) is 5.91 Å². The SMILES string of the molecule is CC(=O)NCCN(C(=O)c1ccc(C)c(S(C)(=O)=O)c1)C(C)C(=O)O. The minimum atomic E-state index is -3.52. The van der Waals surface area contributed by atoms with Gasteiger partial charge in [-0.2, -0.15) is 0 Å². The molecule has 0 bridgehead atoms. The molecule has 2 amide bonds. The molecule has 1 aromatic rings. The molecular weight excluding hydrogens is 348 g/mol. The number of nitrogens with zero attached hydrogens (tertiary/aromatic N) is 1. The van der Waals surface area contributed by atoms with Gasteiger partial charge in [0.2, 0.25) is 5.91 Å². The van der Waals surface area contributed by atoms with E-state index >= 15 is 0 Å². The third kappa shape index (κ3) is 5.56. The van der Waals surface area contributed by atoms with Crippen LogP contribution >= 0.6 is 0 Å². The van der Waals surface area contributed by atoms with Crippen LogP contribution in [0.1, 0.15) is 29.8 Å². The Balaban J connectivity index is 3.20. The molecule has 0 spiro atoms. The zero-order valence-corrected chi connectivity index (χ0v) is 15.4. The highest BCUT2D eigenvalue weighted by atomic mass is 32.2. The Morgan fingerprint density at radius 2 is 1.88 bits per heavy atom. The predicted molar refractivity (Wildman–Crippen MR) is 91.1 cm³/mol. The first-order chi connectivity index (χ1) is 11.4. The Labute approximate surface area is 146 Å². The normalized spacial score (nSPS) is 12.3. The quantitative estimate of drug-likeness (QED) is 0.719. The van der Waals surface area contributed by atoms with Crippen molar-refractivity contribution in [1.29, 1.82) is 0 Å². The number of sulfone groups is 1. The summed E-state index contributed by atoms with van der Waals surface area (Å²) < 4.78 is 23.6. The minimum Gasteiger partial charge on any atom is -0.480 e. The van der Waals surface area contributed by atoms with E-state index in [0.717, 1.165) is 11.2 Å². The number of rotatable bonds is 7. The summed E-state index contributed by atoms with van der Waals surface area (Å²) in [7, 11) is -3.52. The molecule has 0 aliphatic rings. The largest absolute Gasteiger partial charge is 0.480 e. The predicted octanol–water partition coefficient (Wildman–Crippen LogP) is 0.450. The van der Waals surface area contributed by atoms with Gasteiger partial charge in [-0.05, 0) is 31.5 Å². The molecule has 0 aliphatic heterocycles. The van der Waals surface area contributed by atoms with Crippen LogP contribution < -0.4 is 5.32 Å². The van der Waals surface area contributed by atoms with Gasteiger partial charge in [0.05, 0.1) is 4.90 Å². The standard InChI is InChI=1S/C16H22N2O6S/c1-10-5-6-13(9-14(10)25(4,23)24)15(20)18(11(2)16(21)22)8-7-17-12(3)19/h5-6,9,11H,7-8H2,1-4H3,(H,17,19)(H,21,22). The second kappa shape index (κ2) is 8.11. The molecule has 1 unspecified atom stereocenters. The van der Waals surface area contributed by atoms with Gasteiger partial charge in [0.15, 0.2) is 9.84 Å².